The fourth-order valence-corrected chi connectivity index (χ4v) is 5.62. The normalized spacial score (nSPS) is 31.4. The number of piperidine rings is 1. The Balaban J connectivity index is 1.78. The van der Waals surface area contributed by atoms with Crippen LogP contribution >= 0.6 is 0 Å². The first kappa shape index (κ1) is 16.9. The molecule has 136 valence electrons. The molecule has 2 fully saturated rings. The molecule has 1 saturated heterocycles. The number of amides is 1. The number of ether oxygens (including phenoxy) is 1. The van der Waals surface area contributed by atoms with E-state index >= 15 is 0 Å². The number of nitrogens with two attached hydrogens (primary N) is 1. The minimum absolute atomic E-state index is 0.118. The molecular weight excluding hydrogens is 312 g/mol. The third kappa shape index (κ3) is 2.84. The van der Waals surface area contributed by atoms with Crippen molar-refractivity contribution in [3.05, 3.63) is 29.3 Å². The van der Waals surface area contributed by atoms with Crippen molar-refractivity contribution in [1.29, 1.82) is 0 Å². The number of fused-ring (bicyclic) bond motifs is 4. The van der Waals surface area contributed by atoms with E-state index in [2.05, 4.69) is 30.0 Å². The van der Waals surface area contributed by atoms with Crippen molar-refractivity contribution in [2.75, 3.05) is 20.2 Å². The minimum Gasteiger partial charge on any atom is -0.497 e. The summed E-state index contributed by atoms with van der Waals surface area (Å²) in [5, 5.41) is 0. The molecule has 4 heteroatoms. The Morgan fingerprint density at radius 2 is 2.20 bits per heavy atom. The Kier molecular flexibility index (Phi) is 4.27. The van der Waals surface area contributed by atoms with Crippen molar-refractivity contribution in [3.8, 4) is 5.75 Å². The van der Waals surface area contributed by atoms with E-state index < -0.39 is 0 Å². The highest BCUT2D eigenvalue weighted by Gasteiger charge is 2.53. The summed E-state index contributed by atoms with van der Waals surface area (Å²) in [4.78, 5) is 14.8. The van der Waals surface area contributed by atoms with Gasteiger partial charge in [0.15, 0.2) is 0 Å². The lowest BCUT2D eigenvalue weighted by Crippen LogP contribution is -2.61. The van der Waals surface area contributed by atoms with Gasteiger partial charge in [-0.25, -0.2) is 0 Å². The molecule has 3 aliphatic rings. The second-order valence-corrected chi connectivity index (χ2v) is 8.30. The van der Waals surface area contributed by atoms with Crippen LogP contribution in [0.5, 0.6) is 5.75 Å². The molecule has 4 rings (SSSR count). The molecule has 2 N–H and O–H groups in total. The molecule has 0 unspecified atom stereocenters. The first-order chi connectivity index (χ1) is 12.1. The highest BCUT2D eigenvalue weighted by Crippen LogP contribution is 2.53. The summed E-state index contributed by atoms with van der Waals surface area (Å²) in [6.45, 7) is 4.60. The van der Waals surface area contributed by atoms with E-state index in [1.165, 1.54) is 30.5 Å². The Bertz CT molecular complexity index is 670. The Morgan fingerprint density at radius 3 is 2.84 bits per heavy atom. The standard InChI is InChI=1S/C21H30N2O2/c1-3-17-19-10-15-6-7-16(25-2)11-18(15)21(17,12-20(22)24)8-9-23(19)13-14-4-5-14/h6-7,11,14,17,19H,3-5,8-10,12-13H2,1-2H3,(H2,22,24)/t17-,19+,21+/m0/s1. The molecule has 1 aliphatic heterocycles. The maximum atomic E-state index is 12.0. The van der Waals surface area contributed by atoms with Gasteiger partial charge in [0.1, 0.15) is 5.75 Å². The van der Waals surface area contributed by atoms with Gasteiger partial charge in [-0.3, -0.25) is 9.69 Å². The first-order valence-corrected chi connectivity index (χ1v) is 9.77. The number of rotatable bonds is 6. The second-order valence-electron chi connectivity index (χ2n) is 8.30. The third-order valence-electron chi connectivity index (χ3n) is 6.89. The molecule has 25 heavy (non-hydrogen) atoms. The molecule has 0 aromatic heterocycles. The topological polar surface area (TPSA) is 55.6 Å². The zero-order valence-electron chi connectivity index (χ0n) is 15.5. The third-order valence-corrected chi connectivity index (χ3v) is 6.89. The molecular formula is C21H30N2O2. The van der Waals surface area contributed by atoms with Crippen LogP contribution in [0.15, 0.2) is 18.2 Å². The van der Waals surface area contributed by atoms with Gasteiger partial charge in [-0.2, -0.15) is 0 Å². The van der Waals surface area contributed by atoms with Crippen LogP contribution in [0.1, 0.15) is 50.2 Å². The van der Waals surface area contributed by atoms with Gasteiger partial charge in [0, 0.05) is 24.4 Å². The molecule has 2 aliphatic carbocycles. The molecule has 0 radical (unpaired) electrons. The van der Waals surface area contributed by atoms with Crippen LogP contribution in [0.2, 0.25) is 0 Å². The maximum Gasteiger partial charge on any atom is 0.218 e. The van der Waals surface area contributed by atoms with E-state index in [1.807, 2.05) is 0 Å². The monoisotopic (exact) mass is 342 g/mol. The number of carbonyl (C=O) groups excluding carboxylic acids is 1. The van der Waals surface area contributed by atoms with Crippen molar-refractivity contribution < 1.29 is 9.53 Å². The van der Waals surface area contributed by atoms with Crippen LogP contribution in [-0.2, 0) is 16.6 Å². The van der Waals surface area contributed by atoms with Crippen LogP contribution in [0.4, 0.5) is 0 Å². The smallest absolute Gasteiger partial charge is 0.218 e. The Labute approximate surface area is 150 Å². The highest BCUT2D eigenvalue weighted by atomic mass is 16.5. The SMILES string of the molecule is CC[C@H]1[C@H]2Cc3ccc(OC)cc3[C@@]1(CC(N)=O)CCN2CC1CC1. The summed E-state index contributed by atoms with van der Waals surface area (Å²) in [5.41, 5.74) is 8.33. The summed E-state index contributed by atoms with van der Waals surface area (Å²) < 4.78 is 5.49. The van der Waals surface area contributed by atoms with Crippen molar-refractivity contribution in [2.45, 2.75) is 56.9 Å². The molecule has 1 aromatic carbocycles. The number of benzene rings is 1. The average molecular weight is 342 g/mol. The van der Waals surface area contributed by atoms with Crippen molar-refractivity contribution >= 4 is 5.91 Å². The van der Waals surface area contributed by atoms with E-state index in [1.54, 1.807) is 7.11 Å². The number of carbonyl (C=O) groups is 1. The van der Waals surface area contributed by atoms with Crippen molar-refractivity contribution in [2.24, 2.45) is 17.6 Å². The second kappa shape index (κ2) is 6.31. The summed E-state index contributed by atoms with van der Waals surface area (Å²) in [5.74, 6) is 2.10. The molecule has 2 bridgehead atoms. The molecule has 1 heterocycles. The maximum absolute atomic E-state index is 12.0. The summed E-state index contributed by atoms with van der Waals surface area (Å²) in [7, 11) is 1.71. The zero-order valence-corrected chi connectivity index (χ0v) is 15.5. The van der Waals surface area contributed by atoms with E-state index in [0.717, 1.165) is 37.5 Å². The van der Waals surface area contributed by atoms with Crippen molar-refractivity contribution in [1.82, 2.24) is 4.90 Å². The van der Waals surface area contributed by atoms with Crippen LogP contribution in [-0.4, -0.2) is 37.0 Å². The fourth-order valence-electron chi connectivity index (χ4n) is 5.62. The number of likely N-dealkylation sites (tertiary alicyclic amines) is 1. The van der Waals surface area contributed by atoms with Gasteiger partial charge in [0.25, 0.3) is 0 Å². The van der Waals surface area contributed by atoms with Gasteiger partial charge < -0.3 is 10.5 Å². The lowest BCUT2D eigenvalue weighted by Gasteiger charge is -2.57. The molecule has 4 nitrogen and oxygen atoms in total. The zero-order chi connectivity index (χ0) is 17.6. The van der Waals surface area contributed by atoms with E-state index in [4.69, 9.17) is 10.5 Å². The van der Waals surface area contributed by atoms with Gasteiger partial charge in [-0.15, -0.1) is 0 Å². The van der Waals surface area contributed by atoms with Gasteiger partial charge in [-0.05, 0) is 67.3 Å². The van der Waals surface area contributed by atoms with Crippen molar-refractivity contribution in [3.63, 3.8) is 0 Å². The quantitative estimate of drug-likeness (QED) is 0.865. The molecule has 3 atom stereocenters. The Hall–Kier alpha value is -1.55. The van der Waals surface area contributed by atoms with Gasteiger partial charge >= 0.3 is 0 Å². The molecule has 1 aromatic rings. The van der Waals surface area contributed by atoms with Crippen LogP contribution in [0, 0.1) is 11.8 Å². The number of hydrogen-bond acceptors (Lipinski definition) is 3. The summed E-state index contributed by atoms with van der Waals surface area (Å²) in [6.07, 6.45) is 6.44. The molecule has 1 saturated carbocycles. The summed E-state index contributed by atoms with van der Waals surface area (Å²) >= 11 is 0. The number of primary amides is 1. The largest absolute Gasteiger partial charge is 0.497 e. The number of nitrogens with zero attached hydrogens (tertiary/aromatic N) is 1. The van der Waals surface area contributed by atoms with Crippen LogP contribution in [0.25, 0.3) is 0 Å². The van der Waals surface area contributed by atoms with E-state index in [9.17, 15) is 4.79 Å². The highest BCUT2D eigenvalue weighted by molar-refractivity contribution is 5.76. The van der Waals surface area contributed by atoms with Gasteiger partial charge in [0.05, 0.1) is 7.11 Å². The number of methoxy groups -OCH3 is 1. The summed E-state index contributed by atoms with van der Waals surface area (Å²) in [6, 6.07) is 6.99. The lowest BCUT2D eigenvalue weighted by atomic mass is 9.55. The Morgan fingerprint density at radius 1 is 1.40 bits per heavy atom. The van der Waals surface area contributed by atoms with Crippen LogP contribution in [0.3, 0.4) is 0 Å². The fraction of sp³-hybridized carbons (Fsp3) is 0.667. The van der Waals surface area contributed by atoms with Gasteiger partial charge in [0.2, 0.25) is 5.91 Å². The van der Waals surface area contributed by atoms with Gasteiger partial charge in [-0.1, -0.05) is 19.4 Å². The van der Waals surface area contributed by atoms with Crippen LogP contribution < -0.4 is 10.5 Å². The molecule has 0 spiro atoms. The van der Waals surface area contributed by atoms with E-state index in [0.29, 0.717) is 18.4 Å². The predicted molar refractivity (Wildman–Crippen MR) is 98.7 cm³/mol. The molecule has 1 amide bonds. The predicted octanol–water partition coefficient (Wildman–Crippen LogP) is 2.88. The lowest BCUT2D eigenvalue weighted by molar-refractivity contribution is -0.121. The minimum atomic E-state index is -0.177. The van der Waals surface area contributed by atoms with E-state index in [-0.39, 0.29) is 11.3 Å². The average Bonchev–Trinajstić information content (AvgIpc) is 3.40. The first-order valence-electron chi connectivity index (χ1n) is 9.77. The number of hydrogen-bond donors (Lipinski definition) is 1.